The van der Waals surface area contributed by atoms with E-state index in [4.69, 9.17) is 4.74 Å². The van der Waals surface area contributed by atoms with Crippen molar-refractivity contribution in [1.82, 2.24) is 14.8 Å². The summed E-state index contributed by atoms with van der Waals surface area (Å²) in [6.07, 6.45) is 4.70. The topological polar surface area (TPSA) is 77.2 Å². The number of nitrogens with zero attached hydrogens (tertiary/aromatic N) is 3. The van der Waals surface area contributed by atoms with E-state index in [9.17, 15) is 9.90 Å². The van der Waals surface area contributed by atoms with Crippen molar-refractivity contribution >= 4 is 17.0 Å². The maximum absolute atomic E-state index is 11.3. The van der Waals surface area contributed by atoms with E-state index in [-0.39, 0.29) is 11.7 Å². The first-order valence-electron chi connectivity index (χ1n) is 6.25. The third-order valence-corrected chi connectivity index (χ3v) is 2.96. The second kappa shape index (κ2) is 5.26. The molecule has 2 aromatic rings. The largest absolute Gasteiger partial charge is 0.489 e. The van der Waals surface area contributed by atoms with E-state index in [0.717, 1.165) is 12.8 Å². The highest BCUT2D eigenvalue weighted by Gasteiger charge is 2.19. The lowest BCUT2D eigenvalue weighted by molar-refractivity contribution is 0.0689. The van der Waals surface area contributed by atoms with Crippen LogP contribution in [0.4, 0.5) is 0 Å². The molecule has 0 aromatic carbocycles. The lowest BCUT2D eigenvalue weighted by Crippen LogP contribution is -2.14. The summed E-state index contributed by atoms with van der Waals surface area (Å²) in [5, 5.41) is 13.9. The first kappa shape index (κ1) is 13.3. The number of ether oxygens (including phenoxy) is 1. The van der Waals surface area contributed by atoms with Gasteiger partial charge in [-0.25, -0.2) is 9.78 Å². The summed E-state index contributed by atoms with van der Waals surface area (Å²) in [5.74, 6) is -0.691. The van der Waals surface area contributed by atoms with Crippen molar-refractivity contribution in [3.8, 4) is 5.75 Å². The van der Waals surface area contributed by atoms with Crippen molar-refractivity contribution in [3.63, 3.8) is 0 Å². The maximum Gasteiger partial charge on any atom is 0.341 e. The molecule has 6 nitrogen and oxygen atoms in total. The summed E-state index contributed by atoms with van der Waals surface area (Å²) in [6, 6.07) is 0. The molecule has 0 saturated heterocycles. The minimum absolute atomic E-state index is 0.0473. The van der Waals surface area contributed by atoms with E-state index in [2.05, 4.69) is 17.0 Å². The Bertz CT molecular complexity index is 606. The fraction of sp³-hybridized carbons (Fsp3) is 0.462. The second-order valence-corrected chi connectivity index (χ2v) is 4.53. The Labute approximate surface area is 111 Å². The van der Waals surface area contributed by atoms with E-state index >= 15 is 0 Å². The van der Waals surface area contributed by atoms with Crippen LogP contribution in [0.2, 0.25) is 0 Å². The zero-order valence-electron chi connectivity index (χ0n) is 11.3. The second-order valence-electron chi connectivity index (χ2n) is 4.53. The summed E-state index contributed by atoms with van der Waals surface area (Å²) < 4.78 is 7.40. The highest BCUT2D eigenvalue weighted by atomic mass is 16.5. The average molecular weight is 263 g/mol. The summed E-state index contributed by atoms with van der Waals surface area (Å²) in [5.41, 5.74) is 0.687. The van der Waals surface area contributed by atoms with Crippen LogP contribution >= 0.6 is 0 Å². The van der Waals surface area contributed by atoms with Gasteiger partial charge in [0.2, 0.25) is 0 Å². The van der Waals surface area contributed by atoms with Crippen LogP contribution in [0.25, 0.3) is 11.0 Å². The molecule has 0 bridgehead atoms. The smallest absolute Gasteiger partial charge is 0.341 e. The molecule has 0 amide bonds. The van der Waals surface area contributed by atoms with Crippen LogP contribution < -0.4 is 4.74 Å². The zero-order chi connectivity index (χ0) is 14.0. The number of aromatic nitrogens is 3. The lowest BCUT2D eigenvalue weighted by Gasteiger charge is -2.16. The Morgan fingerprint density at radius 2 is 2.26 bits per heavy atom. The number of carboxylic acids is 1. The normalized spacial score (nSPS) is 12.6. The first-order chi connectivity index (χ1) is 9.04. The summed E-state index contributed by atoms with van der Waals surface area (Å²) in [7, 11) is 1.76. The van der Waals surface area contributed by atoms with Gasteiger partial charge in [0.25, 0.3) is 0 Å². The maximum atomic E-state index is 11.3. The van der Waals surface area contributed by atoms with E-state index in [1.165, 1.54) is 6.20 Å². The Balaban J connectivity index is 2.52. The van der Waals surface area contributed by atoms with Gasteiger partial charge in [-0.1, -0.05) is 13.3 Å². The third-order valence-electron chi connectivity index (χ3n) is 2.96. The molecule has 6 heteroatoms. The Morgan fingerprint density at radius 1 is 1.53 bits per heavy atom. The van der Waals surface area contributed by atoms with Crippen LogP contribution in [0.3, 0.4) is 0 Å². The van der Waals surface area contributed by atoms with Crippen molar-refractivity contribution < 1.29 is 14.6 Å². The van der Waals surface area contributed by atoms with Crippen LogP contribution in [-0.4, -0.2) is 31.9 Å². The number of aromatic carboxylic acids is 1. The van der Waals surface area contributed by atoms with Crippen LogP contribution in [0.5, 0.6) is 5.75 Å². The fourth-order valence-electron chi connectivity index (χ4n) is 2.02. The third kappa shape index (κ3) is 2.52. The van der Waals surface area contributed by atoms with Gasteiger partial charge >= 0.3 is 5.97 Å². The van der Waals surface area contributed by atoms with Gasteiger partial charge in [-0.3, -0.25) is 4.68 Å². The molecule has 2 rings (SSSR count). The predicted molar refractivity (Wildman–Crippen MR) is 70.5 cm³/mol. The van der Waals surface area contributed by atoms with Gasteiger partial charge in [0.15, 0.2) is 5.65 Å². The molecule has 0 spiro atoms. The van der Waals surface area contributed by atoms with Crippen molar-refractivity contribution in [3.05, 3.63) is 18.0 Å². The fourth-order valence-corrected chi connectivity index (χ4v) is 2.02. The molecule has 0 aliphatic heterocycles. The molecule has 102 valence electrons. The number of aryl methyl sites for hydroxylation is 1. The molecule has 1 N–H and O–H groups in total. The van der Waals surface area contributed by atoms with Crippen LogP contribution in [-0.2, 0) is 7.05 Å². The molecule has 0 fully saturated rings. The van der Waals surface area contributed by atoms with E-state index < -0.39 is 5.97 Å². The standard InChI is InChI=1S/C13H17N3O3/c1-4-5-8(2)19-11-9-7-15-16(3)12(9)14-6-10(11)13(17)18/h6-8H,4-5H2,1-3H3,(H,17,18). The van der Waals surface area contributed by atoms with Crippen molar-refractivity contribution in [2.45, 2.75) is 32.8 Å². The minimum Gasteiger partial charge on any atom is -0.489 e. The van der Waals surface area contributed by atoms with Gasteiger partial charge in [-0.2, -0.15) is 5.10 Å². The SMILES string of the molecule is CCCC(C)Oc1c(C(=O)O)cnc2c1cnn2C. The quantitative estimate of drug-likeness (QED) is 0.895. The van der Waals surface area contributed by atoms with Gasteiger partial charge in [0, 0.05) is 13.2 Å². The number of rotatable bonds is 5. The lowest BCUT2D eigenvalue weighted by atomic mass is 10.2. The first-order valence-corrected chi connectivity index (χ1v) is 6.25. The van der Waals surface area contributed by atoms with Crippen molar-refractivity contribution in [2.75, 3.05) is 0 Å². The summed E-state index contributed by atoms with van der Waals surface area (Å²) >= 11 is 0. The van der Waals surface area contributed by atoms with Gasteiger partial charge < -0.3 is 9.84 Å². The van der Waals surface area contributed by atoms with E-state index in [1.54, 1.807) is 17.9 Å². The predicted octanol–water partition coefficient (Wildman–Crippen LogP) is 2.23. The number of hydrogen-bond acceptors (Lipinski definition) is 4. The summed E-state index contributed by atoms with van der Waals surface area (Å²) in [4.78, 5) is 15.4. The monoisotopic (exact) mass is 263 g/mol. The van der Waals surface area contributed by atoms with Crippen molar-refractivity contribution in [2.24, 2.45) is 7.05 Å². The number of carbonyl (C=O) groups is 1. The molecule has 1 unspecified atom stereocenters. The van der Waals surface area contributed by atoms with Crippen LogP contribution in [0, 0.1) is 0 Å². The summed E-state index contributed by atoms with van der Waals surface area (Å²) in [6.45, 7) is 3.99. The molecule has 2 heterocycles. The molecule has 0 aliphatic rings. The number of carboxylic acid groups (broad SMARTS) is 1. The van der Waals surface area contributed by atoms with Crippen LogP contribution in [0.1, 0.15) is 37.0 Å². The molecule has 1 atom stereocenters. The number of hydrogen-bond donors (Lipinski definition) is 1. The number of fused-ring (bicyclic) bond motifs is 1. The van der Waals surface area contributed by atoms with E-state index in [1.807, 2.05) is 6.92 Å². The minimum atomic E-state index is -1.04. The molecule has 2 aromatic heterocycles. The molecule has 0 saturated carbocycles. The molecule has 0 aliphatic carbocycles. The molecule has 0 radical (unpaired) electrons. The van der Waals surface area contributed by atoms with E-state index in [0.29, 0.717) is 16.8 Å². The van der Waals surface area contributed by atoms with Gasteiger partial charge in [-0.15, -0.1) is 0 Å². The number of pyridine rings is 1. The highest BCUT2D eigenvalue weighted by Crippen LogP contribution is 2.29. The van der Waals surface area contributed by atoms with Gasteiger partial charge in [0.05, 0.1) is 17.7 Å². The molecule has 19 heavy (non-hydrogen) atoms. The Hall–Kier alpha value is -2.11. The Kier molecular flexibility index (Phi) is 3.69. The average Bonchev–Trinajstić information content (AvgIpc) is 2.72. The highest BCUT2D eigenvalue weighted by molar-refractivity contribution is 5.97. The van der Waals surface area contributed by atoms with Crippen LogP contribution in [0.15, 0.2) is 12.4 Å². The Morgan fingerprint density at radius 3 is 2.89 bits per heavy atom. The molecular formula is C13H17N3O3. The van der Waals surface area contributed by atoms with Gasteiger partial charge in [0.1, 0.15) is 11.3 Å². The zero-order valence-corrected chi connectivity index (χ0v) is 11.3. The van der Waals surface area contributed by atoms with Gasteiger partial charge in [-0.05, 0) is 13.3 Å². The van der Waals surface area contributed by atoms with Crippen molar-refractivity contribution in [1.29, 1.82) is 0 Å². The molecular weight excluding hydrogens is 246 g/mol.